The molecule has 0 saturated carbocycles. The molecule has 23 heavy (non-hydrogen) atoms. The van der Waals surface area contributed by atoms with Crippen molar-refractivity contribution in [2.24, 2.45) is 11.1 Å². The average molecular weight is 332 g/mol. The standard InChI is InChI=1S/C17H20N2O3S/c1-12(15-8-4-6-14-5-2-3-7-16(14)15)19-10-13(9-17(19)20)11-23(18,21)22/h2-8,12-13H,9-11H2,1H3,(H2,18,21,22)/t12-,13?/m0/s1. The summed E-state index contributed by atoms with van der Waals surface area (Å²) in [6, 6.07) is 14.0. The number of fused-ring (bicyclic) bond motifs is 1. The topological polar surface area (TPSA) is 80.5 Å². The lowest BCUT2D eigenvalue weighted by atomic mass is 9.99. The maximum absolute atomic E-state index is 12.3. The lowest BCUT2D eigenvalue weighted by Gasteiger charge is -2.26. The number of primary sulfonamides is 1. The van der Waals surface area contributed by atoms with Crippen LogP contribution in [0.2, 0.25) is 0 Å². The maximum atomic E-state index is 12.3. The molecule has 2 aromatic rings. The van der Waals surface area contributed by atoms with Gasteiger partial charge in [0.15, 0.2) is 0 Å². The number of carbonyl (C=O) groups is 1. The summed E-state index contributed by atoms with van der Waals surface area (Å²) >= 11 is 0. The van der Waals surface area contributed by atoms with Gasteiger partial charge in [0.2, 0.25) is 15.9 Å². The Bertz CT molecular complexity index is 843. The second kappa shape index (κ2) is 5.94. The van der Waals surface area contributed by atoms with E-state index in [1.54, 1.807) is 4.90 Å². The van der Waals surface area contributed by atoms with Gasteiger partial charge in [-0.15, -0.1) is 0 Å². The van der Waals surface area contributed by atoms with Crippen LogP contribution in [0.5, 0.6) is 0 Å². The SMILES string of the molecule is C[C@@H](c1cccc2ccccc12)N1CC(CS(N)(=O)=O)CC1=O. The lowest BCUT2D eigenvalue weighted by Crippen LogP contribution is -2.30. The molecule has 3 rings (SSSR count). The van der Waals surface area contributed by atoms with E-state index in [-0.39, 0.29) is 30.0 Å². The monoisotopic (exact) mass is 332 g/mol. The largest absolute Gasteiger partial charge is 0.336 e. The maximum Gasteiger partial charge on any atom is 0.223 e. The van der Waals surface area contributed by atoms with Gasteiger partial charge < -0.3 is 4.90 Å². The average Bonchev–Trinajstić information content (AvgIpc) is 2.84. The summed E-state index contributed by atoms with van der Waals surface area (Å²) in [5, 5.41) is 7.36. The molecule has 1 saturated heterocycles. The van der Waals surface area contributed by atoms with Crippen LogP contribution in [0.15, 0.2) is 42.5 Å². The molecule has 1 aliphatic heterocycles. The Morgan fingerprint density at radius 3 is 2.65 bits per heavy atom. The molecule has 0 spiro atoms. The van der Waals surface area contributed by atoms with E-state index in [2.05, 4.69) is 0 Å². The van der Waals surface area contributed by atoms with Crippen LogP contribution in [0.25, 0.3) is 10.8 Å². The lowest BCUT2D eigenvalue weighted by molar-refractivity contribution is -0.129. The minimum Gasteiger partial charge on any atom is -0.336 e. The number of carbonyl (C=O) groups excluding carboxylic acids is 1. The Balaban J connectivity index is 1.88. The van der Waals surface area contributed by atoms with Crippen LogP contribution in [0, 0.1) is 5.92 Å². The molecule has 1 fully saturated rings. The summed E-state index contributed by atoms with van der Waals surface area (Å²) < 4.78 is 22.5. The second-order valence-corrected chi connectivity index (χ2v) is 7.85. The van der Waals surface area contributed by atoms with Gasteiger partial charge in [-0.3, -0.25) is 4.79 Å². The van der Waals surface area contributed by atoms with E-state index < -0.39 is 10.0 Å². The predicted molar refractivity (Wildman–Crippen MR) is 90.2 cm³/mol. The normalized spacial score (nSPS) is 20.2. The number of benzene rings is 2. The molecule has 2 N–H and O–H groups in total. The summed E-state index contributed by atoms with van der Waals surface area (Å²) in [5.41, 5.74) is 1.08. The minimum absolute atomic E-state index is 0.0147. The minimum atomic E-state index is -3.56. The highest BCUT2D eigenvalue weighted by atomic mass is 32.2. The van der Waals surface area contributed by atoms with Crippen molar-refractivity contribution >= 4 is 26.7 Å². The van der Waals surface area contributed by atoms with Crippen molar-refractivity contribution in [2.45, 2.75) is 19.4 Å². The van der Waals surface area contributed by atoms with Crippen molar-refractivity contribution in [2.75, 3.05) is 12.3 Å². The predicted octanol–water partition coefficient (Wildman–Crippen LogP) is 2.04. The first-order valence-corrected chi connectivity index (χ1v) is 9.34. The molecule has 5 nitrogen and oxygen atoms in total. The van der Waals surface area contributed by atoms with Gasteiger partial charge in [-0.05, 0) is 23.3 Å². The molecule has 0 aromatic heterocycles. The molecular formula is C17H20N2O3S. The van der Waals surface area contributed by atoms with Gasteiger partial charge in [-0.25, -0.2) is 13.6 Å². The summed E-state index contributed by atoms with van der Waals surface area (Å²) in [4.78, 5) is 14.1. The molecule has 1 aliphatic rings. The molecular weight excluding hydrogens is 312 g/mol. The number of sulfonamides is 1. The molecule has 0 aliphatic carbocycles. The Labute approximate surface area is 136 Å². The van der Waals surface area contributed by atoms with Crippen LogP contribution in [0.1, 0.15) is 24.9 Å². The van der Waals surface area contributed by atoms with E-state index in [0.29, 0.717) is 6.54 Å². The van der Waals surface area contributed by atoms with Gasteiger partial charge in [0, 0.05) is 18.9 Å². The molecule has 0 radical (unpaired) electrons. The van der Waals surface area contributed by atoms with Crippen molar-refractivity contribution in [3.63, 3.8) is 0 Å². The number of amides is 1. The summed E-state index contributed by atoms with van der Waals surface area (Å²) in [6.45, 7) is 2.42. The molecule has 1 amide bonds. The third kappa shape index (κ3) is 3.38. The van der Waals surface area contributed by atoms with Crippen LogP contribution >= 0.6 is 0 Å². The van der Waals surface area contributed by atoms with Crippen LogP contribution in [0.3, 0.4) is 0 Å². The number of likely N-dealkylation sites (tertiary alicyclic amines) is 1. The molecule has 1 heterocycles. The van der Waals surface area contributed by atoms with Crippen LogP contribution < -0.4 is 5.14 Å². The first kappa shape index (κ1) is 16.0. The van der Waals surface area contributed by atoms with Crippen molar-refractivity contribution in [3.05, 3.63) is 48.0 Å². The van der Waals surface area contributed by atoms with Gasteiger partial charge in [-0.2, -0.15) is 0 Å². The molecule has 122 valence electrons. The zero-order valence-corrected chi connectivity index (χ0v) is 13.8. The van der Waals surface area contributed by atoms with E-state index in [4.69, 9.17) is 5.14 Å². The van der Waals surface area contributed by atoms with Crippen LogP contribution in [-0.4, -0.2) is 31.5 Å². The summed E-state index contributed by atoms with van der Waals surface area (Å²) in [6.07, 6.45) is 0.242. The van der Waals surface area contributed by atoms with Crippen LogP contribution in [0.4, 0.5) is 0 Å². The second-order valence-electron chi connectivity index (χ2n) is 6.19. The first-order valence-electron chi connectivity index (χ1n) is 7.63. The van der Waals surface area contributed by atoms with Crippen LogP contribution in [-0.2, 0) is 14.8 Å². The van der Waals surface area contributed by atoms with Gasteiger partial charge >= 0.3 is 0 Å². The van der Waals surface area contributed by atoms with Gasteiger partial charge in [0.1, 0.15) is 0 Å². The Morgan fingerprint density at radius 2 is 1.91 bits per heavy atom. The summed E-state index contributed by atoms with van der Waals surface area (Å²) in [5.74, 6) is -0.383. The van der Waals surface area contributed by atoms with E-state index >= 15 is 0 Å². The van der Waals surface area contributed by atoms with Crippen molar-refractivity contribution in [3.8, 4) is 0 Å². The number of hydrogen-bond donors (Lipinski definition) is 1. The highest BCUT2D eigenvalue weighted by Crippen LogP contribution is 2.32. The fourth-order valence-corrected chi connectivity index (χ4v) is 4.29. The third-order valence-corrected chi connectivity index (χ3v) is 5.38. The number of nitrogens with zero attached hydrogens (tertiary/aromatic N) is 1. The number of rotatable bonds is 4. The fraction of sp³-hybridized carbons (Fsp3) is 0.353. The Morgan fingerprint density at radius 1 is 1.22 bits per heavy atom. The number of nitrogens with two attached hydrogens (primary N) is 1. The van der Waals surface area contributed by atoms with Crippen molar-refractivity contribution < 1.29 is 13.2 Å². The highest BCUT2D eigenvalue weighted by Gasteiger charge is 2.35. The van der Waals surface area contributed by atoms with Crippen molar-refractivity contribution in [1.82, 2.24) is 4.90 Å². The third-order valence-electron chi connectivity index (χ3n) is 4.45. The van der Waals surface area contributed by atoms with E-state index in [0.717, 1.165) is 16.3 Å². The first-order chi connectivity index (χ1) is 10.8. The van der Waals surface area contributed by atoms with Gasteiger partial charge in [-0.1, -0.05) is 42.5 Å². The zero-order chi connectivity index (χ0) is 16.6. The number of hydrogen-bond acceptors (Lipinski definition) is 3. The molecule has 2 atom stereocenters. The molecule has 0 bridgehead atoms. The summed E-state index contributed by atoms with van der Waals surface area (Å²) in [7, 11) is -3.56. The molecule has 6 heteroatoms. The Kier molecular flexibility index (Phi) is 4.12. The molecule has 2 aromatic carbocycles. The fourth-order valence-electron chi connectivity index (χ4n) is 3.41. The van der Waals surface area contributed by atoms with E-state index in [1.807, 2.05) is 49.4 Å². The Hall–Kier alpha value is -1.92. The van der Waals surface area contributed by atoms with E-state index in [9.17, 15) is 13.2 Å². The van der Waals surface area contributed by atoms with E-state index in [1.165, 1.54) is 0 Å². The van der Waals surface area contributed by atoms with Gasteiger partial charge in [0.05, 0.1) is 11.8 Å². The highest BCUT2D eigenvalue weighted by molar-refractivity contribution is 7.89. The quantitative estimate of drug-likeness (QED) is 0.930. The molecule has 1 unspecified atom stereocenters. The zero-order valence-electron chi connectivity index (χ0n) is 13.0. The van der Waals surface area contributed by atoms with Gasteiger partial charge in [0.25, 0.3) is 0 Å². The van der Waals surface area contributed by atoms with Crippen molar-refractivity contribution in [1.29, 1.82) is 0 Å². The smallest absolute Gasteiger partial charge is 0.223 e.